The monoisotopic (exact) mass is 555 g/mol. The fourth-order valence-corrected chi connectivity index (χ4v) is 5.66. The first-order chi connectivity index (χ1) is 19.5. The third-order valence-electron chi connectivity index (χ3n) is 7.78. The number of carboxylic acids is 1. The number of hydrogen-bond donors (Lipinski definition) is 3. The Balaban J connectivity index is 1.57. The minimum absolute atomic E-state index is 0.0195. The third kappa shape index (κ3) is 7.04. The number of nitrogens with zero attached hydrogens (tertiary/aromatic N) is 2. The van der Waals surface area contributed by atoms with Crippen molar-refractivity contribution in [3.8, 4) is 17.2 Å². The second-order valence-corrected chi connectivity index (χ2v) is 10.4. The van der Waals surface area contributed by atoms with Crippen molar-refractivity contribution in [1.82, 2.24) is 9.80 Å². The summed E-state index contributed by atoms with van der Waals surface area (Å²) in [7, 11) is 0. The van der Waals surface area contributed by atoms with Crippen LogP contribution in [0.1, 0.15) is 49.7 Å². The van der Waals surface area contributed by atoms with Crippen molar-refractivity contribution in [1.29, 1.82) is 0 Å². The molecule has 2 aliphatic rings. The SMILES string of the molecule is CCCCN(CCCN)C(=O)CN1C[C@H](c2ccc3c(c2)OCO3)[C@@H](C(=O)O)[C@@H]1CCOc1ccccc1CO. The highest BCUT2D eigenvalue weighted by molar-refractivity contribution is 5.79. The number of benzene rings is 2. The van der Waals surface area contributed by atoms with E-state index in [2.05, 4.69) is 6.92 Å². The molecule has 2 aromatic carbocycles. The zero-order valence-corrected chi connectivity index (χ0v) is 23.2. The summed E-state index contributed by atoms with van der Waals surface area (Å²) < 4.78 is 17.0. The van der Waals surface area contributed by atoms with Crippen molar-refractivity contribution >= 4 is 11.9 Å². The van der Waals surface area contributed by atoms with Gasteiger partial charge in [0.15, 0.2) is 11.5 Å². The number of nitrogens with two attached hydrogens (primary N) is 1. The van der Waals surface area contributed by atoms with Gasteiger partial charge in [-0.05, 0) is 49.6 Å². The van der Waals surface area contributed by atoms with Crippen LogP contribution in [-0.4, -0.2) is 84.1 Å². The van der Waals surface area contributed by atoms with Crippen LogP contribution in [0.2, 0.25) is 0 Å². The summed E-state index contributed by atoms with van der Waals surface area (Å²) in [5, 5.41) is 20.1. The molecule has 4 N–H and O–H groups in total. The van der Waals surface area contributed by atoms with Crippen LogP contribution in [0, 0.1) is 5.92 Å². The van der Waals surface area contributed by atoms with Crippen LogP contribution in [0.15, 0.2) is 42.5 Å². The Kier molecular flexibility index (Phi) is 10.6. The van der Waals surface area contributed by atoms with Crippen LogP contribution in [0.5, 0.6) is 17.2 Å². The number of rotatable bonds is 15. The maximum absolute atomic E-state index is 13.5. The van der Waals surface area contributed by atoms with Gasteiger partial charge in [-0.25, -0.2) is 0 Å². The quantitative estimate of drug-likeness (QED) is 0.303. The predicted octanol–water partition coefficient (Wildman–Crippen LogP) is 2.82. The molecule has 0 saturated carbocycles. The molecule has 0 unspecified atom stereocenters. The van der Waals surface area contributed by atoms with Crippen molar-refractivity contribution in [3.05, 3.63) is 53.6 Å². The molecule has 0 bridgehead atoms. The summed E-state index contributed by atoms with van der Waals surface area (Å²) in [6, 6.07) is 12.4. The minimum Gasteiger partial charge on any atom is -0.493 e. The Bertz CT molecular complexity index is 1140. The second-order valence-electron chi connectivity index (χ2n) is 10.4. The number of carbonyl (C=O) groups excluding carboxylic acids is 1. The lowest BCUT2D eigenvalue weighted by Gasteiger charge is -2.29. The van der Waals surface area contributed by atoms with E-state index in [1.54, 1.807) is 12.1 Å². The number of amides is 1. The maximum Gasteiger partial charge on any atom is 0.308 e. The van der Waals surface area contributed by atoms with Gasteiger partial charge in [0, 0.05) is 37.2 Å². The van der Waals surface area contributed by atoms with Gasteiger partial charge >= 0.3 is 5.97 Å². The predicted molar refractivity (Wildman–Crippen MR) is 149 cm³/mol. The normalized spacial score (nSPS) is 20.0. The van der Waals surface area contributed by atoms with Crippen LogP contribution in [0.25, 0.3) is 0 Å². The van der Waals surface area contributed by atoms with Crippen LogP contribution >= 0.6 is 0 Å². The molecular formula is C30H41N3O7. The van der Waals surface area contributed by atoms with Crippen molar-refractivity contribution in [2.75, 3.05) is 46.1 Å². The molecule has 4 rings (SSSR count). The summed E-state index contributed by atoms with van der Waals surface area (Å²) in [5.74, 6) is -0.222. The van der Waals surface area contributed by atoms with Gasteiger partial charge in [0.25, 0.3) is 0 Å². The van der Waals surface area contributed by atoms with Gasteiger partial charge in [0.05, 0.1) is 25.7 Å². The molecule has 3 atom stereocenters. The molecule has 1 amide bonds. The number of aliphatic hydroxyl groups excluding tert-OH is 1. The molecule has 40 heavy (non-hydrogen) atoms. The summed E-state index contributed by atoms with van der Waals surface area (Å²) in [6.07, 6.45) is 2.99. The average molecular weight is 556 g/mol. The second kappa shape index (κ2) is 14.3. The number of aliphatic hydroxyl groups is 1. The smallest absolute Gasteiger partial charge is 0.308 e. The largest absolute Gasteiger partial charge is 0.493 e. The molecule has 10 heteroatoms. The van der Waals surface area contributed by atoms with E-state index in [1.165, 1.54) is 0 Å². The number of fused-ring (bicyclic) bond motifs is 1. The molecule has 2 aliphatic heterocycles. The number of likely N-dealkylation sites (tertiary alicyclic amines) is 1. The fraction of sp³-hybridized carbons (Fsp3) is 0.533. The Morgan fingerprint density at radius 3 is 2.65 bits per heavy atom. The highest BCUT2D eigenvalue weighted by Gasteiger charge is 2.47. The van der Waals surface area contributed by atoms with Crippen molar-refractivity contribution in [2.45, 2.75) is 51.2 Å². The van der Waals surface area contributed by atoms with E-state index >= 15 is 0 Å². The number of carbonyl (C=O) groups is 2. The molecule has 0 aliphatic carbocycles. The van der Waals surface area contributed by atoms with Gasteiger partial charge in [-0.2, -0.15) is 0 Å². The topological polar surface area (TPSA) is 135 Å². The molecule has 2 heterocycles. The first kappa shape index (κ1) is 29.6. The number of carboxylic acid groups (broad SMARTS) is 1. The fourth-order valence-electron chi connectivity index (χ4n) is 5.66. The van der Waals surface area contributed by atoms with E-state index in [0.717, 1.165) is 18.4 Å². The molecule has 1 fully saturated rings. The van der Waals surface area contributed by atoms with E-state index < -0.39 is 17.9 Å². The Hall–Kier alpha value is -3.34. The number of para-hydroxylation sites is 1. The van der Waals surface area contributed by atoms with Gasteiger partial charge < -0.3 is 35.1 Å². The minimum atomic E-state index is -0.913. The highest BCUT2D eigenvalue weighted by Crippen LogP contribution is 2.42. The molecule has 0 radical (unpaired) electrons. The van der Waals surface area contributed by atoms with Gasteiger partial charge in [0.2, 0.25) is 12.7 Å². The highest BCUT2D eigenvalue weighted by atomic mass is 16.7. The van der Waals surface area contributed by atoms with E-state index in [-0.39, 0.29) is 38.4 Å². The Labute approximate surface area is 235 Å². The summed E-state index contributed by atoms with van der Waals surface area (Å²) in [5.41, 5.74) is 7.23. The zero-order chi connectivity index (χ0) is 28.5. The standard InChI is InChI=1S/C30H41N3O7/c1-2-3-13-32(14-6-12-31)28(35)18-33-17-23(21-9-10-26-27(16-21)40-20-39-26)29(30(36)37)24(33)11-15-38-25-8-5-4-7-22(25)19-34/h4-5,7-10,16,23-24,29,34H,2-3,6,11-15,17-20,31H2,1H3,(H,36,37)/t23-,24+,29-/m1/s1. The number of unbranched alkanes of at least 4 members (excludes halogenated alkanes) is 1. The molecule has 0 aromatic heterocycles. The van der Waals surface area contributed by atoms with Gasteiger partial charge in [-0.3, -0.25) is 14.5 Å². The molecule has 2 aromatic rings. The third-order valence-corrected chi connectivity index (χ3v) is 7.78. The lowest BCUT2D eigenvalue weighted by molar-refractivity contribution is -0.144. The van der Waals surface area contributed by atoms with Crippen LogP contribution in [0.3, 0.4) is 0 Å². The lowest BCUT2D eigenvalue weighted by atomic mass is 9.84. The van der Waals surface area contributed by atoms with Gasteiger partial charge in [-0.15, -0.1) is 0 Å². The van der Waals surface area contributed by atoms with E-state index in [1.807, 2.05) is 40.1 Å². The number of ether oxygens (including phenoxy) is 3. The van der Waals surface area contributed by atoms with Gasteiger partial charge in [0.1, 0.15) is 5.75 Å². The van der Waals surface area contributed by atoms with Crippen molar-refractivity contribution in [3.63, 3.8) is 0 Å². The molecule has 218 valence electrons. The van der Waals surface area contributed by atoms with Crippen molar-refractivity contribution in [2.24, 2.45) is 11.7 Å². The first-order valence-electron chi connectivity index (χ1n) is 14.1. The van der Waals surface area contributed by atoms with E-state index in [9.17, 15) is 19.8 Å². The number of aliphatic carboxylic acids is 1. The molecule has 1 saturated heterocycles. The van der Waals surface area contributed by atoms with Gasteiger partial charge in [-0.1, -0.05) is 37.6 Å². The Morgan fingerprint density at radius 1 is 1.12 bits per heavy atom. The molecular weight excluding hydrogens is 514 g/mol. The summed E-state index contributed by atoms with van der Waals surface area (Å²) >= 11 is 0. The summed E-state index contributed by atoms with van der Waals surface area (Å²) in [6.45, 7) is 4.60. The zero-order valence-electron chi connectivity index (χ0n) is 23.2. The summed E-state index contributed by atoms with van der Waals surface area (Å²) in [4.78, 5) is 30.1. The molecule has 10 nitrogen and oxygen atoms in total. The van der Waals surface area contributed by atoms with E-state index in [0.29, 0.717) is 61.8 Å². The lowest BCUT2D eigenvalue weighted by Crippen LogP contribution is -2.45. The first-order valence-corrected chi connectivity index (χ1v) is 14.1. The maximum atomic E-state index is 13.5. The average Bonchev–Trinajstić information content (AvgIpc) is 3.57. The van der Waals surface area contributed by atoms with Crippen molar-refractivity contribution < 1.29 is 34.0 Å². The van der Waals surface area contributed by atoms with Crippen LogP contribution < -0.4 is 19.9 Å². The van der Waals surface area contributed by atoms with Crippen LogP contribution in [-0.2, 0) is 16.2 Å². The van der Waals surface area contributed by atoms with E-state index in [4.69, 9.17) is 19.9 Å². The Morgan fingerprint density at radius 2 is 1.90 bits per heavy atom. The van der Waals surface area contributed by atoms with Crippen LogP contribution in [0.4, 0.5) is 0 Å². The molecule has 0 spiro atoms. The number of hydrogen-bond acceptors (Lipinski definition) is 8.